The van der Waals surface area contributed by atoms with Gasteiger partial charge in [0.1, 0.15) is 12.2 Å². The van der Waals surface area contributed by atoms with Crippen LogP contribution in [0, 0.1) is 0 Å². The van der Waals surface area contributed by atoms with E-state index in [9.17, 15) is 0 Å². The third kappa shape index (κ3) is 5.77. The van der Waals surface area contributed by atoms with Gasteiger partial charge in [-0.2, -0.15) is 10.1 Å². The fourth-order valence-electron chi connectivity index (χ4n) is 4.51. The van der Waals surface area contributed by atoms with Gasteiger partial charge in [0, 0.05) is 11.3 Å². The standard InChI is InChI=1S/C24H34N6/c1-2-4-6-8-10-14-19(15-11-9-7-5-3-1)22-25-18-26-24(27-22)28-23-20-16-12-13-17-21(20)29-30-23/h12-13,16-19H,1-11,14-15H2,(H2,25,26,27,28,29,30). The van der Waals surface area contributed by atoms with Gasteiger partial charge in [0.2, 0.25) is 5.95 Å². The van der Waals surface area contributed by atoms with Gasteiger partial charge in [-0.3, -0.25) is 5.10 Å². The Balaban J connectivity index is 1.44. The van der Waals surface area contributed by atoms with Crippen LogP contribution in [-0.2, 0) is 0 Å². The van der Waals surface area contributed by atoms with Gasteiger partial charge in [0.15, 0.2) is 5.82 Å². The Morgan fingerprint density at radius 2 is 1.40 bits per heavy atom. The monoisotopic (exact) mass is 406 g/mol. The van der Waals surface area contributed by atoms with Crippen LogP contribution in [0.15, 0.2) is 30.6 Å². The Morgan fingerprint density at radius 3 is 2.10 bits per heavy atom. The van der Waals surface area contributed by atoms with Crippen LogP contribution in [0.25, 0.3) is 10.9 Å². The molecule has 0 unspecified atom stereocenters. The van der Waals surface area contributed by atoms with Gasteiger partial charge in [0.05, 0.1) is 5.52 Å². The van der Waals surface area contributed by atoms with E-state index in [4.69, 9.17) is 4.98 Å². The Hall–Kier alpha value is -2.50. The zero-order valence-electron chi connectivity index (χ0n) is 17.9. The first-order valence-electron chi connectivity index (χ1n) is 11.8. The summed E-state index contributed by atoms with van der Waals surface area (Å²) in [6.45, 7) is 0. The van der Waals surface area contributed by atoms with E-state index in [1.54, 1.807) is 6.33 Å². The summed E-state index contributed by atoms with van der Waals surface area (Å²) in [6, 6.07) is 8.07. The number of hydrogen-bond acceptors (Lipinski definition) is 5. The quantitative estimate of drug-likeness (QED) is 0.508. The van der Waals surface area contributed by atoms with Crippen molar-refractivity contribution < 1.29 is 0 Å². The molecule has 1 aliphatic rings. The van der Waals surface area contributed by atoms with E-state index in [1.165, 1.54) is 83.5 Å². The first-order chi connectivity index (χ1) is 14.9. The first-order valence-corrected chi connectivity index (χ1v) is 11.8. The van der Waals surface area contributed by atoms with Crippen molar-refractivity contribution in [3.63, 3.8) is 0 Å². The van der Waals surface area contributed by atoms with E-state index in [-0.39, 0.29) is 0 Å². The third-order valence-corrected chi connectivity index (χ3v) is 6.26. The summed E-state index contributed by atoms with van der Waals surface area (Å²) < 4.78 is 0. The van der Waals surface area contributed by atoms with E-state index in [1.807, 2.05) is 24.3 Å². The van der Waals surface area contributed by atoms with Crippen LogP contribution in [0.3, 0.4) is 0 Å². The molecule has 0 amide bonds. The van der Waals surface area contributed by atoms with E-state index in [2.05, 4.69) is 25.5 Å². The molecule has 160 valence electrons. The van der Waals surface area contributed by atoms with Gasteiger partial charge in [-0.05, 0) is 25.0 Å². The summed E-state index contributed by atoms with van der Waals surface area (Å²) >= 11 is 0. The number of para-hydroxylation sites is 1. The lowest BCUT2D eigenvalue weighted by molar-refractivity contribution is 0.458. The number of benzene rings is 1. The Kier molecular flexibility index (Phi) is 7.64. The molecule has 0 saturated heterocycles. The van der Waals surface area contributed by atoms with Gasteiger partial charge in [-0.25, -0.2) is 9.97 Å². The second kappa shape index (κ2) is 11.0. The normalized spacial score (nSPS) is 18.1. The molecule has 4 rings (SSSR count). The van der Waals surface area contributed by atoms with Gasteiger partial charge < -0.3 is 5.32 Å². The fraction of sp³-hybridized carbons (Fsp3) is 0.583. The molecule has 0 atom stereocenters. The molecule has 0 radical (unpaired) electrons. The highest BCUT2D eigenvalue weighted by Crippen LogP contribution is 2.28. The summed E-state index contributed by atoms with van der Waals surface area (Å²) in [5.74, 6) is 2.69. The number of fused-ring (bicyclic) bond motifs is 1. The van der Waals surface area contributed by atoms with Crippen molar-refractivity contribution in [1.29, 1.82) is 0 Å². The van der Waals surface area contributed by atoms with Gasteiger partial charge >= 0.3 is 0 Å². The average Bonchev–Trinajstić information content (AvgIpc) is 3.18. The molecule has 6 nitrogen and oxygen atoms in total. The second-order valence-corrected chi connectivity index (χ2v) is 8.57. The molecule has 2 heterocycles. The highest BCUT2D eigenvalue weighted by Gasteiger charge is 2.16. The topological polar surface area (TPSA) is 79.4 Å². The van der Waals surface area contributed by atoms with E-state index in [0.29, 0.717) is 11.9 Å². The van der Waals surface area contributed by atoms with Crippen molar-refractivity contribution in [3.05, 3.63) is 36.4 Å². The largest absolute Gasteiger partial charge is 0.307 e. The van der Waals surface area contributed by atoms with Crippen LogP contribution in [0.1, 0.15) is 95.2 Å². The lowest BCUT2D eigenvalue weighted by Gasteiger charge is -2.16. The molecule has 0 bridgehead atoms. The fourth-order valence-corrected chi connectivity index (χ4v) is 4.51. The second-order valence-electron chi connectivity index (χ2n) is 8.57. The van der Waals surface area contributed by atoms with Crippen molar-refractivity contribution >= 4 is 22.7 Å². The number of nitrogens with one attached hydrogen (secondary N) is 2. The van der Waals surface area contributed by atoms with E-state index in [0.717, 1.165) is 22.5 Å². The minimum absolute atomic E-state index is 0.424. The maximum absolute atomic E-state index is 4.79. The first kappa shape index (κ1) is 20.8. The molecule has 2 N–H and O–H groups in total. The Bertz CT molecular complexity index is 891. The number of rotatable bonds is 3. The van der Waals surface area contributed by atoms with Crippen LogP contribution < -0.4 is 5.32 Å². The number of anilines is 2. The van der Waals surface area contributed by atoms with Crippen molar-refractivity contribution in [1.82, 2.24) is 25.1 Å². The SMILES string of the molecule is c1ccc2c(Nc3ncnc(C4CCCCCCCCCCCCC4)n3)n[nH]c2c1. The molecule has 1 saturated carbocycles. The molecule has 1 aromatic carbocycles. The number of H-pyrrole nitrogens is 1. The smallest absolute Gasteiger partial charge is 0.231 e. The molecular weight excluding hydrogens is 372 g/mol. The van der Waals surface area contributed by atoms with Gasteiger partial charge in [-0.1, -0.05) is 82.8 Å². The average molecular weight is 407 g/mol. The molecule has 2 aromatic heterocycles. The van der Waals surface area contributed by atoms with Crippen molar-refractivity contribution in [2.45, 2.75) is 89.4 Å². The lowest BCUT2D eigenvalue weighted by atomic mass is 9.92. The predicted octanol–water partition coefficient (Wildman–Crippen LogP) is 6.66. The van der Waals surface area contributed by atoms with E-state index >= 15 is 0 Å². The Morgan fingerprint density at radius 1 is 0.767 bits per heavy atom. The van der Waals surface area contributed by atoms with Gasteiger partial charge in [-0.15, -0.1) is 0 Å². The highest BCUT2D eigenvalue weighted by atomic mass is 15.2. The molecule has 1 fully saturated rings. The van der Waals surface area contributed by atoms with Crippen LogP contribution in [-0.4, -0.2) is 25.1 Å². The predicted molar refractivity (Wildman–Crippen MR) is 122 cm³/mol. The zero-order chi connectivity index (χ0) is 20.4. The zero-order valence-corrected chi connectivity index (χ0v) is 17.9. The number of aromatic amines is 1. The summed E-state index contributed by atoms with van der Waals surface area (Å²) in [5, 5.41) is 11.8. The number of hydrogen-bond donors (Lipinski definition) is 2. The summed E-state index contributed by atoms with van der Waals surface area (Å²) in [5.41, 5.74) is 1.00. The molecule has 0 aliphatic heterocycles. The minimum Gasteiger partial charge on any atom is -0.307 e. The number of nitrogens with zero attached hydrogens (tertiary/aromatic N) is 4. The molecular formula is C24H34N6. The van der Waals surface area contributed by atoms with Crippen molar-refractivity contribution in [2.75, 3.05) is 5.32 Å². The number of aromatic nitrogens is 5. The molecule has 0 spiro atoms. The lowest BCUT2D eigenvalue weighted by Crippen LogP contribution is -2.09. The van der Waals surface area contributed by atoms with Crippen LogP contribution in [0.2, 0.25) is 0 Å². The van der Waals surface area contributed by atoms with Crippen molar-refractivity contribution in [3.8, 4) is 0 Å². The molecule has 1 aliphatic carbocycles. The summed E-state index contributed by atoms with van der Waals surface area (Å²) in [6.07, 6.45) is 18.9. The summed E-state index contributed by atoms with van der Waals surface area (Å²) in [4.78, 5) is 13.7. The van der Waals surface area contributed by atoms with Gasteiger partial charge in [0.25, 0.3) is 0 Å². The van der Waals surface area contributed by atoms with E-state index < -0.39 is 0 Å². The molecule has 3 aromatic rings. The minimum atomic E-state index is 0.424. The third-order valence-electron chi connectivity index (χ3n) is 6.26. The van der Waals surface area contributed by atoms with Crippen LogP contribution in [0.4, 0.5) is 11.8 Å². The Labute approximate surface area is 179 Å². The maximum atomic E-state index is 4.79. The highest BCUT2D eigenvalue weighted by molar-refractivity contribution is 5.90. The van der Waals surface area contributed by atoms with Crippen LogP contribution in [0.5, 0.6) is 0 Å². The van der Waals surface area contributed by atoms with Crippen LogP contribution >= 0.6 is 0 Å². The molecule has 6 heteroatoms. The molecule has 30 heavy (non-hydrogen) atoms. The maximum Gasteiger partial charge on any atom is 0.231 e. The summed E-state index contributed by atoms with van der Waals surface area (Å²) in [7, 11) is 0. The van der Waals surface area contributed by atoms with Crippen molar-refractivity contribution in [2.24, 2.45) is 0 Å².